The van der Waals surface area contributed by atoms with Crippen LogP contribution in [0.25, 0.3) is 11.0 Å². The normalized spacial score (nSPS) is 10.4. The third-order valence-electron chi connectivity index (χ3n) is 3.16. The largest absolute Gasteiger partial charge is 1.00 e. The highest BCUT2D eigenvalue weighted by Gasteiger charge is 2.16. The molecule has 0 aliphatic heterocycles. The Morgan fingerprint density at radius 1 is 1.24 bits per heavy atom. The molecule has 2 heterocycles. The van der Waals surface area contributed by atoms with Crippen molar-refractivity contribution in [3.05, 3.63) is 59.7 Å². The standard InChI is InChI=1S/C15H13FN4.ClH/c1-10(17)14-12-6-4-8-18-15(12)20(19-14)9-11-5-2-3-7-13(11)16;/h2-8,17H,9H2,1H3;1H. The van der Waals surface area contributed by atoms with Gasteiger partial charge in [0.15, 0.2) is 17.1 Å². The van der Waals surface area contributed by atoms with Crippen LogP contribution in [0.2, 0.25) is 0 Å². The Balaban J connectivity index is 0.00000161. The van der Waals surface area contributed by atoms with Gasteiger partial charge in [-0.2, -0.15) is 5.10 Å². The van der Waals surface area contributed by atoms with E-state index in [9.17, 15) is 4.39 Å². The van der Waals surface area contributed by atoms with Crippen molar-refractivity contribution in [2.75, 3.05) is 0 Å². The van der Waals surface area contributed by atoms with E-state index >= 15 is 0 Å². The van der Waals surface area contributed by atoms with Gasteiger partial charge in [-0.05, 0) is 18.2 Å². The van der Waals surface area contributed by atoms with Gasteiger partial charge in [0.05, 0.1) is 11.9 Å². The number of fused-ring (bicyclic) bond motifs is 1. The van der Waals surface area contributed by atoms with Crippen molar-refractivity contribution in [2.45, 2.75) is 13.5 Å². The van der Waals surface area contributed by atoms with Gasteiger partial charge in [0, 0.05) is 18.7 Å². The number of benzene rings is 1. The number of rotatable bonds is 3. The summed E-state index contributed by atoms with van der Waals surface area (Å²) in [5.74, 6) is -0.248. The summed E-state index contributed by atoms with van der Waals surface area (Å²) in [6.45, 7) is 2.12. The first-order valence-corrected chi connectivity index (χ1v) is 6.31. The van der Waals surface area contributed by atoms with Crippen molar-refractivity contribution in [1.82, 2.24) is 14.8 Å². The van der Waals surface area contributed by atoms with Crippen LogP contribution in [0.4, 0.5) is 4.39 Å². The molecule has 0 atom stereocenters. The molecule has 2 aromatic heterocycles. The first-order valence-electron chi connectivity index (χ1n) is 6.31. The lowest BCUT2D eigenvalue weighted by molar-refractivity contribution is -0.113. The Morgan fingerprint density at radius 2 is 2.00 bits per heavy atom. The van der Waals surface area contributed by atoms with E-state index in [4.69, 9.17) is 5.41 Å². The summed E-state index contributed by atoms with van der Waals surface area (Å²) in [5.41, 5.74) is 2.60. The summed E-state index contributed by atoms with van der Waals surface area (Å²) in [5, 5.41) is 11.2. The molecular weight excluding hydrogens is 291 g/mol. The highest BCUT2D eigenvalue weighted by Crippen LogP contribution is 2.18. The number of aromatic nitrogens is 3. The van der Waals surface area contributed by atoms with Crippen LogP contribution in [0.3, 0.4) is 0 Å². The van der Waals surface area contributed by atoms with E-state index in [-0.39, 0.29) is 18.2 Å². The third-order valence-corrected chi connectivity index (χ3v) is 3.16. The maximum atomic E-state index is 13.7. The Morgan fingerprint density at radius 3 is 2.71 bits per heavy atom. The van der Waals surface area contributed by atoms with Crippen LogP contribution in [0.5, 0.6) is 0 Å². The van der Waals surface area contributed by atoms with Crippen molar-refractivity contribution in [2.24, 2.45) is 0 Å². The van der Waals surface area contributed by atoms with Crippen molar-refractivity contribution in [3.8, 4) is 0 Å². The third kappa shape index (κ3) is 2.78. The van der Waals surface area contributed by atoms with Crippen LogP contribution in [0, 0.1) is 5.82 Å². The minimum absolute atomic E-state index is 0. The second kappa shape index (κ2) is 6.01. The number of nitrogens with two attached hydrogens (primary N) is 1. The van der Waals surface area contributed by atoms with Crippen molar-refractivity contribution in [3.63, 3.8) is 0 Å². The summed E-state index contributed by atoms with van der Waals surface area (Å²) < 4.78 is 15.4. The number of nitrogens with zero attached hydrogens (tertiary/aromatic N) is 3. The smallest absolute Gasteiger partial charge is 0.198 e. The molecule has 3 rings (SSSR count). The minimum Gasteiger partial charge on any atom is -1.00 e. The number of halogens is 2. The molecule has 2 N–H and O–H groups in total. The topological polar surface area (TPSA) is 56.3 Å². The molecule has 4 nitrogen and oxygen atoms in total. The predicted molar refractivity (Wildman–Crippen MR) is 74.7 cm³/mol. The molecule has 0 spiro atoms. The summed E-state index contributed by atoms with van der Waals surface area (Å²) >= 11 is 0. The lowest BCUT2D eigenvalue weighted by atomic mass is 10.2. The quantitative estimate of drug-likeness (QED) is 0.580. The first-order chi connectivity index (χ1) is 9.66. The molecule has 0 bridgehead atoms. The van der Waals surface area contributed by atoms with E-state index in [0.29, 0.717) is 29.2 Å². The van der Waals surface area contributed by atoms with E-state index in [0.717, 1.165) is 5.39 Å². The van der Waals surface area contributed by atoms with E-state index in [1.165, 1.54) is 6.07 Å². The zero-order valence-corrected chi connectivity index (χ0v) is 12.2. The second-order valence-electron chi connectivity index (χ2n) is 4.66. The SMILES string of the molecule is CC(=[NH2+])c1nn(Cc2ccccc2F)c2ncccc12.[Cl-]. The van der Waals surface area contributed by atoms with Gasteiger partial charge in [-0.15, -0.1) is 0 Å². The molecular formula is C15H14ClFN4. The fraction of sp³-hybridized carbons (Fsp3) is 0.133. The fourth-order valence-corrected chi connectivity index (χ4v) is 2.20. The van der Waals surface area contributed by atoms with Gasteiger partial charge < -0.3 is 12.4 Å². The number of hydrogen-bond donors (Lipinski definition) is 1. The van der Waals surface area contributed by atoms with Gasteiger partial charge in [0.2, 0.25) is 0 Å². The lowest BCUT2D eigenvalue weighted by Crippen LogP contribution is -3.00. The van der Waals surface area contributed by atoms with Crippen LogP contribution in [0.1, 0.15) is 18.2 Å². The molecule has 0 amide bonds. The molecule has 0 radical (unpaired) electrons. The van der Waals surface area contributed by atoms with Crippen molar-refractivity contribution < 1.29 is 22.2 Å². The first kappa shape index (κ1) is 15.1. The molecule has 3 aromatic rings. The molecule has 0 aliphatic carbocycles. The fourth-order valence-electron chi connectivity index (χ4n) is 2.20. The maximum Gasteiger partial charge on any atom is 0.198 e. The molecule has 108 valence electrons. The zero-order valence-electron chi connectivity index (χ0n) is 11.4. The van der Waals surface area contributed by atoms with Gasteiger partial charge in [0.1, 0.15) is 5.82 Å². The van der Waals surface area contributed by atoms with Gasteiger partial charge in [-0.3, -0.25) is 5.41 Å². The molecule has 21 heavy (non-hydrogen) atoms. The Hall–Kier alpha value is -2.27. The van der Waals surface area contributed by atoms with Gasteiger partial charge in [0.25, 0.3) is 0 Å². The van der Waals surface area contributed by atoms with Crippen LogP contribution < -0.4 is 17.8 Å². The van der Waals surface area contributed by atoms with Crippen molar-refractivity contribution in [1.29, 1.82) is 0 Å². The van der Waals surface area contributed by atoms with E-state index in [2.05, 4.69) is 10.1 Å². The van der Waals surface area contributed by atoms with Gasteiger partial charge in [-0.1, -0.05) is 18.2 Å². The van der Waals surface area contributed by atoms with Crippen molar-refractivity contribution >= 4 is 16.7 Å². The maximum absolute atomic E-state index is 13.7. The predicted octanol–water partition coefficient (Wildman–Crippen LogP) is -1.81. The average molecular weight is 305 g/mol. The molecule has 0 fully saturated rings. The van der Waals surface area contributed by atoms with E-state index in [1.54, 1.807) is 36.0 Å². The van der Waals surface area contributed by atoms with Crippen LogP contribution in [-0.2, 0) is 6.54 Å². The molecule has 0 aliphatic rings. The number of pyridine rings is 1. The van der Waals surface area contributed by atoms with Crippen LogP contribution >= 0.6 is 0 Å². The minimum atomic E-state index is -0.248. The highest BCUT2D eigenvalue weighted by molar-refractivity contribution is 6.03. The molecule has 1 aromatic carbocycles. The Bertz CT molecular complexity index is 797. The summed E-state index contributed by atoms with van der Waals surface area (Å²) in [6, 6.07) is 10.4. The zero-order chi connectivity index (χ0) is 14.1. The highest BCUT2D eigenvalue weighted by atomic mass is 35.5. The lowest BCUT2D eigenvalue weighted by Gasteiger charge is -2.04. The number of hydrogen-bond acceptors (Lipinski definition) is 2. The molecule has 6 heteroatoms. The summed E-state index contributed by atoms with van der Waals surface area (Å²) in [4.78, 5) is 4.32. The Labute approximate surface area is 127 Å². The second-order valence-corrected chi connectivity index (χ2v) is 4.66. The van der Waals surface area contributed by atoms with Crippen LogP contribution in [0.15, 0.2) is 42.6 Å². The molecule has 0 saturated heterocycles. The van der Waals surface area contributed by atoms with Gasteiger partial charge >= 0.3 is 0 Å². The van der Waals surface area contributed by atoms with E-state index < -0.39 is 0 Å². The molecule has 0 unspecified atom stereocenters. The monoisotopic (exact) mass is 304 g/mol. The summed E-state index contributed by atoms with van der Waals surface area (Å²) in [6.07, 6.45) is 1.69. The molecule has 0 saturated carbocycles. The summed E-state index contributed by atoms with van der Waals surface area (Å²) in [7, 11) is 0. The van der Waals surface area contributed by atoms with Gasteiger partial charge in [-0.25, -0.2) is 14.1 Å². The van der Waals surface area contributed by atoms with Crippen LogP contribution in [-0.4, -0.2) is 20.5 Å². The average Bonchev–Trinajstić information content (AvgIpc) is 2.81. The van der Waals surface area contributed by atoms with E-state index in [1.807, 2.05) is 12.1 Å². The Kier molecular flexibility index (Phi) is 4.33.